The molecule has 21 heavy (non-hydrogen) atoms. The summed E-state index contributed by atoms with van der Waals surface area (Å²) in [6, 6.07) is 0. The van der Waals surface area contributed by atoms with Crippen LogP contribution < -0.4 is 0 Å². The maximum atomic E-state index is 11.6. The van der Waals surface area contributed by atoms with Gasteiger partial charge in [-0.15, -0.1) is 0 Å². The Morgan fingerprint density at radius 3 is 2.71 bits per heavy atom. The van der Waals surface area contributed by atoms with Gasteiger partial charge in [-0.1, -0.05) is 34.9 Å². The smallest absolute Gasteiger partial charge is 0.308 e. The van der Waals surface area contributed by atoms with Gasteiger partial charge in [0.25, 0.3) is 0 Å². The molecule has 0 amide bonds. The lowest BCUT2D eigenvalue weighted by atomic mass is 9.87. The van der Waals surface area contributed by atoms with Crippen molar-refractivity contribution in [3.8, 4) is 0 Å². The van der Waals surface area contributed by atoms with E-state index in [1.807, 2.05) is 0 Å². The lowest BCUT2D eigenvalue weighted by Crippen LogP contribution is -2.19. The van der Waals surface area contributed by atoms with E-state index in [1.165, 1.54) is 23.8 Å². The molecule has 1 rings (SSSR count). The normalized spacial score (nSPS) is 19.0. The topological polar surface area (TPSA) is 26.3 Å². The fraction of sp³-hybridized carbons (Fsp3) is 0.632. The van der Waals surface area contributed by atoms with E-state index in [1.54, 1.807) is 0 Å². The number of hydrogen-bond donors (Lipinski definition) is 0. The van der Waals surface area contributed by atoms with Gasteiger partial charge in [0.15, 0.2) is 0 Å². The Hall–Kier alpha value is -1.31. The summed E-state index contributed by atoms with van der Waals surface area (Å²) < 4.78 is 4.86. The molecular formula is C19H30O2. The Labute approximate surface area is 130 Å². The zero-order chi connectivity index (χ0) is 15.7. The number of allylic oxidation sites excluding steroid dienone is 6. The Balaban J connectivity index is 2.33. The van der Waals surface area contributed by atoms with E-state index < -0.39 is 0 Å². The highest BCUT2D eigenvalue weighted by molar-refractivity contribution is 5.72. The molecule has 0 N–H and O–H groups in total. The van der Waals surface area contributed by atoms with Gasteiger partial charge in [0.05, 0.1) is 13.0 Å². The number of esters is 1. The predicted molar refractivity (Wildman–Crippen MR) is 89.1 cm³/mol. The quantitative estimate of drug-likeness (QED) is 0.466. The molecule has 0 spiro atoms. The van der Waals surface area contributed by atoms with Crippen molar-refractivity contribution in [2.45, 2.75) is 65.7 Å². The van der Waals surface area contributed by atoms with E-state index in [9.17, 15) is 4.79 Å². The molecule has 0 aromatic heterocycles. The second-order valence-electron chi connectivity index (χ2n) is 6.27. The molecule has 1 aliphatic rings. The Kier molecular flexibility index (Phi) is 8.11. The van der Waals surface area contributed by atoms with Crippen LogP contribution in [0.2, 0.25) is 0 Å². The summed E-state index contributed by atoms with van der Waals surface area (Å²) in [5.41, 5.74) is 4.28. The third-order valence-electron chi connectivity index (χ3n) is 4.04. The van der Waals surface area contributed by atoms with Gasteiger partial charge in [0.1, 0.15) is 0 Å². The van der Waals surface area contributed by atoms with Gasteiger partial charge in [-0.25, -0.2) is 0 Å². The van der Waals surface area contributed by atoms with Gasteiger partial charge in [0.2, 0.25) is 0 Å². The van der Waals surface area contributed by atoms with E-state index >= 15 is 0 Å². The average molecular weight is 290 g/mol. The van der Waals surface area contributed by atoms with Crippen molar-refractivity contribution in [2.24, 2.45) is 5.92 Å². The second-order valence-corrected chi connectivity index (χ2v) is 6.27. The minimum absolute atomic E-state index is 0.0472. The maximum absolute atomic E-state index is 11.6. The van der Waals surface area contributed by atoms with Crippen LogP contribution in [0.5, 0.6) is 0 Å². The molecule has 2 nitrogen and oxygen atoms in total. The van der Waals surface area contributed by atoms with Crippen molar-refractivity contribution < 1.29 is 9.53 Å². The third-order valence-corrected chi connectivity index (χ3v) is 4.04. The van der Waals surface area contributed by atoms with Crippen molar-refractivity contribution >= 4 is 5.97 Å². The lowest BCUT2D eigenvalue weighted by molar-refractivity contribution is -0.145. The zero-order valence-corrected chi connectivity index (χ0v) is 14.1. The summed E-state index contributed by atoms with van der Waals surface area (Å²) in [6.45, 7) is 6.50. The van der Waals surface area contributed by atoms with Crippen LogP contribution in [0.4, 0.5) is 0 Å². The number of hydrogen-bond acceptors (Lipinski definition) is 2. The summed E-state index contributed by atoms with van der Waals surface area (Å²) in [6.07, 6.45) is 14.2. The van der Waals surface area contributed by atoms with Gasteiger partial charge < -0.3 is 4.74 Å². The van der Waals surface area contributed by atoms with Gasteiger partial charge in [-0.3, -0.25) is 4.79 Å². The van der Waals surface area contributed by atoms with Crippen LogP contribution in [0.1, 0.15) is 65.7 Å². The molecule has 0 saturated carbocycles. The number of carbonyl (C=O) groups is 1. The summed E-state index contributed by atoms with van der Waals surface area (Å²) in [5.74, 6) is 0.0341. The molecule has 0 bridgehead atoms. The highest BCUT2D eigenvalue weighted by Gasteiger charge is 2.22. The minimum Gasteiger partial charge on any atom is -0.469 e. The van der Waals surface area contributed by atoms with Crippen LogP contribution in [0.15, 0.2) is 34.9 Å². The molecule has 2 heteroatoms. The molecular weight excluding hydrogens is 260 g/mol. The van der Waals surface area contributed by atoms with Crippen molar-refractivity contribution in [1.82, 2.24) is 0 Å². The summed E-state index contributed by atoms with van der Waals surface area (Å²) in [7, 11) is 1.49. The SMILES string of the molecule is COC(=O)[C@H]1CCC=C(CC/C=C(\C)CCC=C(C)C)C1. The number of ether oxygens (including phenoxy) is 1. The second kappa shape index (κ2) is 9.59. The average Bonchev–Trinajstić information content (AvgIpc) is 2.46. The van der Waals surface area contributed by atoms with E-state index in [0.29, 0.717) is 0 Å². The van der Waals surface area contributed by atoms with Gasteiger partial charge in [0, 0.05) is 0 Å². The van der Waals surface area contributed by atoms with Crippen LogP contribution in [0.3, 0.4) is 0 Å². The zero-order valence-electron chi connectivity index (χ0n) is 14.1. The monoisotopic (exact) mass is 290 g/mol. The number of methoxy groups -OCH3 is 1. The number of rotatable bonds is 7. The Morgan fingerprint density at radius 1 is 1.29 bits per heavy atom. The maximum Gasteiger partial charge on any atom is 0.308 e. The molecule has 0 aliphatic heterocycles. The van der Waals surface area contributed by atoms with Crippen LogP contribution in [0, 0.1) is 5.92 Å². The lowest BCUT2D eigenvalue weighted by Gasteiger charge is -2.20. The standard InChI is InChI=1S/C19H30O2/c1-15(2)8-5-9-16(3)10-6-11-17-12-7-13-18(14-17)19(20)21-4/h8,10,12,18H,5-7,9,11,13-14H2,1-4H3/b16-10+/t18-/m0/s1. The molecule has 0 aromatic rings. The molecule has 0 radical (unpaired) electrons. The first-order chi connectivity index (χ1) is 10.0. The molecule has 1 aliphatic carbocycles. The van der Waals surface area contributed by atoms with E-state index in [4.69, 9.17) is 4.74 Å². The van der Waals surface area contributed by atoms with Crippen LogP contribution in [-0.4, -0.2) is 13.1 Å². The van der Waals surface area contributed by atoms with Gasteiger partial charge in [-0.05, 0) is 65.7 Å². The molecule has 0 saturated heterocycles. The van der Waals surface area contributed by atoms with Crippen molar-refractivity contribution in [3.05, 3.63) is 34.9 Å². The van der Waals surface area contributed by atoms with Crippen molar-refractivity contribution in [2.75, 3.05) is 7.11 Å². The first kappa shape index (κ1) is 17.7. The molecule has 0 fully saturated rings. The largest absolute Gasteiger partial charge is 0.469 e. The molecule has 1 atom stereocenters. The summed E-state index contributed by atoms with van der Waals surface area (Å²) in [4.78, 5) is 11.6. The van der Waals surface area contributed by atoms with Crippen LogP contribution >= 0.6 is 0 Å². The van der Waals surface area contributed by atoms with Gasteiger partial charge in [-0.2, -0.15) is 0 Å². The number of carbonyl (C=O) groups excluding carboxylic acids is 1. The minimum atomic E-state index is -0.0472. The predicted octanol–water partition coefficient (Wildman–Crippen LogP) is 5.36. The van der Waals surface area contributed by atoms with Crippen LogP contribution in [-0.2, 0) is 9.53 Å². The first-order valence-electron chi connectivity index (χ1n) is 8.07. The van der Waals surface area contributed by atoms with E-state index in [-0.39, 0.29) is 11.9 Å². The first-order valence-corrected chi connectivity index (χ1v) is 8.07. The fourth-order valence-electron chi connectivity index (χ4n) is 2.76. The van der Waals surface area contributed by atoms with E-state index in [2.05, 4.69) is 39.0 Å². The van der Waals surface area contributed by atoms with Crippen molar-refractivity contribution in [3.63, 3.8) is 0 Å². The third kappa shape index (κ3) is 7.31. The molecule has 0 aromatic carbocycles. The highest BCUT2D eigenvalue weighted by Crippen LogP contribution is 2.28. The fourth-order valence-corrected chi connectivity index (χ4v) is 2.76. The van der Waals surface area contributed by atoms with Gasteiger partial charge >= 0.3 is 5.97 Å². The van der Waals surface area contributed by atoms with Crippen molar-refractivity contribution in [1.29, 1.82) is 0 Å². The molecule has 0 heterocycles. The summed E-state index contributed by atoms with van der Waals surface area (Å²) >= 11 is 0. The molecule has 0 unspecified atom stereocenters. The summed E-state index contributed by atoms with van der Waals surface area (Å²) in [5, 5.41) is 0. The highest BCUT2D eigenvalue weighted by atomic mass is 16.5. The Bertz CT molecular complexity index is 423. The van der Waals surface area contributed by atoms with E-state index in [0.717, 1.165) is 44.9 Å². The Morgan fingerprint density at radius 2 is 2.05 bits per heavy atom. The van der Waals surface area contributed by atoms with Crippen LogP contribution in [0.25, 0.3) is 0 Å². The molecule has 118 valence electrons.